The van der Waals surface area contributed by atoms with Crippen molar-refractivity contribution in [1.82, 2.24) is 18.1 Å². The second kappa shape index (κ2) is 14.3. The highest BCUT2D eigenvalue weighted by Crippen LogP contribution is 2.27. The summed E-state index contributed by atoms with van der Waals surface area (Å²) in [6, 6.07) is 12.4. The van der Waals surface area contributed by atoms with Crippen LogP contribution in [-0.4, -0.2) is 92.9 Å². The van der Waals surface area contributed by atoms with Gasteiger partial charge in [0.25, 0.3) is 20.4 Å². The van der Waals surface area contributed by atoms with E-state index in [1.807, 2.05) is 0 Å². The molecule has 2 unspecified atom stereocenters. The maximum atomic E-state index is 14.0. The number of nitrogens with zero attached hydrogens (tertiary/aromatic N) is 2. The van der Waals surface area contributed by atoms with Gasteiger partial charge in [-0.05, 0) is 24.3 Å². The summed E-state index contributed by atoms with van der Waals surface area (Å²) < 4.78 is 71.6. The first-order valence-corrected chi connectivity index (χ1v) is 18.1. The second-order valence-electron chi connectivity index (χ2n) is 8.53. The Morgan fingerprint density at radius 2 is 1.05 bits per heavy atom. The topological polar surface area (TPSA) is 134 Å². The quantitative estimate of drug-likeness (QED) is 0.327. The van der Waals surface area contributed by atoms with Crippen LogP contribution in [0.15, 0.2) is 48.5 Å². The van der Waals surface area contributed by atoms with Crippen molar-refractivity contribution < 1.29 is 31.1 Å². The molecule has 0 radical (unpaired) electrons. The Bertz CT molecular complexity index is 1290. The summed E-state index contributed by atoms with van der Waals surface area (Å²) in [5, 5.41) is 0.229. The molecule has 11 nitrogen and oxygen atoms in total. The van der Waals surface area contributed by atoms with Gasteiger partial charge in [-0.15, -0.1) is 0 Å². The van der Waals surface area contributed by atoms with E-state index in [9.17, 15) is 21.6 Å². The molecular weight excluding hydrogens is 643 g/mol. The van der Waals surface area contributed by atoms with Gasteiger partial charge in [-0.25, -0.2) is 0 Å². The summed E-state index contributed by atoms with van der Waals surface area (Å²) in [6.45, 7) is 0.913. The number of carbonyl (C=O) groups is 1. The molecule has 2 atom stereocenters. The Labute approximate surface area is 252 Å². The van der Waals surface area contributed by atoms with E-state index in [1.54, 1.807) is 47.8 Å². The number of rotatable bonds is 12. The van der Waals surface area contributed by atoms with E-state index in [2.05, 4.69) is 9.44 Å². The highest BCUT2D eigenvalue weighted by Gasteiger charge is 2.40. The van der Waals surface area contributed by atoms with E-state index >= 15 is 0 Å². The average Bonchev–Trinajstić information content (AvgIpc) is 2.95. The second-order valence-corrected chi connectivity index (χ2v) is 15.2. The van der Waals surface area contributed by atoms with Crippen LogP contribution in [-0.2, 0) is 25.2 Å². The number of ketones is 1. The normalized spacial score (nSPS) is 19.1. The minimum Gasteiger partial charge on any atom is -0.465 e. The molecular formula is C23H28Cl2N4O7S4. The lowest BCUT2D eigenvalue weighted by Gasteiger charge is -2.31. The molecule has 2 aliphatic heterocycles. The lowest BCUT2D eigenvalue weighted by molar-refractivity contribution is -0.134. The van der Waals surface area contributed by atoms with Crippen LogP contribution in [0.1, 0.15) is 0 Å². The number of carbonyl (C=O) groups excluding carboxylic acids is 1. The average molecular weight is 672 g/mol. The Kier molecular flexibility index (Phi) is 11.3. The largest absolute Gasteiger partial charge is 0.465 e. The first-order chi connectivity index (χ1) is 19.1. The molecule has 2 aromatic carbocycles. The molecule has 2 fully saturated rings. The van der Waals surface area contributed by atoms with Crippen molar-refractivity contribution in [2.24, 2.45) is 0 Å². The predicted molar refractivity (Wildman–Crippen MR) is 159 cm³/mol. The summed E-state index contributed by atoms with van der Waals surface area (Å²) >= 11 is 15.7. The predicted octanol–water partition coefficient (Wildman–Crippen LogP) is 2.44. The molecule has 40 heavy (non-hydrogen) atoms. The van der Waals surface area contributed by atoms with Crippen LogP contribution >= 0.6 is 46.7 Å². The molecule has 0 amide bonds. The third-order valence-electron chi connectivity index (χ3n) is 5.81. The zero-order chi connectivity index (χ0) is 28.8. The van der Waals surface area contributed by atoms with Gasteiger partial charge in [0.15, 0.2) is 0 Å². The zero-order valence-corrected chi connectivity index (χ0v) is 25.8. The molecule has 0 bridgehead atoms. The van der Waals surface area contributed by atoms with Crippen molar-refractivity contribution in [3.63, 3.8) is 0 Å². The fourth-order valence-corrected chi connectivity index (χ4v) is 8.87. The number of halogens is 2. The molecule has 2 aromatic rings. The van der Waals surface area contributed by atoms with Crippen LogP contribution < -0.4 is 18.9 Å². The molecule has 2 N–H and O–H groups in total. The van der Waals surface area contributed by atoms with Crippen molar-refractivity contribution in [2.75, 3.05) is 49.2 Å². The summed E-state index contributed by atoms with van der Waals surface area (Å²) in [4.78, 5) is 14.0. The van der Waals surface area contributed by atoms with E-state index in [4.69, 9.17) is 32.7 Å². The minimum atomic E-state index is -4.23. The first-order valence-electron chi connectivity index (χ1n) is 12.1. The van der Waals surface area contributed by atoms with Crippen molar-refractivity contribution in [1.29, 1.82) is 0 Å². The standard InChI is InChI=1S/C23H28Cl2N4O7S4/c24-17-5-1-3-7-19(17)35-22(26-39(31,32)28-9-13-37-14-10-28)21(30)23(36-20-8-4-2-6-18(20)25)27-40(33,34)29-11-15-38-16-12-29/h1-8,22-23,26-27H,9-16H2. The number of benzene rings is 2. The van der Waals surface area contributed by atoms with Gasteiger partial charge >= 0.3 is 0 Å². The Hall–Kier alpha value is -1.27. The van der Waals surface area contributed by atoms with Gasteiger partial charge < -0.3 is 9.47 Å². The number of hydrogen-bond acceptors (Lipinski definition) is 9. The van der Waals surface area contributed by atoms with E-state index in [1.165, 1.54) is 32.9 Å². The highest BCUT2D eigenvalue weighted by atomic mass is 35.5. The molecule has 0 aliphatic carbocycles. The monoisotopic (exact) mass is 670 g/mol. The SMILES string of the molecule is O=C(C(NS(=O)(=O)N1CCSCC1)Oc1ccccc1Cl)C(NS(=O)(=O)N1CCSCC1)Oc1ccccc1Cl. The van der Waals surface area contributed by atoms with Crippen molar-refractivity contribution in [2.45, 2.75) is 12.5 Å². The summed E-state index contributed by atoms with van der Waals surface area (Å²) in [5.74, 6) is 1.27. The molecule has 0 aromatic heterocycles. The fourth-order valence-electron chi connectivity index (χ4n) is 3.75. The zero-order valence-electron chi connectivity index (χ0n) is 21.1. The molecule has 4 rings (SSSR count). The Morgan fingerprint density at radius 1 is 0.700 bits per heavy atom. The van der Waals surface area contributed by atoms with Gasteiger partial charge in [-0.2, -0.15) is 58.4 Å². The number of Topliss-reactive ketones (excluding diaryl/α,β-unsaturated/α-hetero) is 1. The summed E-state index contributed by atoms with van der Waals surface area (Å²) in [6.07, 6.45) is -3.82. The number of para-hydroxylation sites is 2. The number of nitrogens with one attached hydrogen (secondary N) is 2. The number of ether oxygens (including phenoxy) is 2. The Balaban J connectivity index is 1.68. The van der Waals surface area contributed by atoms with Crippen LogP contribution in [0.2, 0.25) is 10.0 Å². The third-order valence-corrected chi connectivity index (χ3v) is 11.4. The molecule has 2 heterocycles. The van der Waals surface area contributed by atoms with E-state index < -0.39 is 38.7 Å². The molecule has 17 heteroatoms. The van der Waals surface area contributed by atoms with E-state index in [-0.39, 0.29) is 47.7 Å². The molecule has 2 aliphatic rings. The van der Waals surface area contributed by atoms with Crippen molar-refractivity contribution >= 4 is 72.9 Å². The van der Waals surface area contributed by atoms with E-state index in [0.29, 0.717) is 23.0 Å². The van der Waals surface area contributed by atoms with Crippen LogP contribution in [0, 0.1) is 0 Å². The highest BCUT2D eigenvalue weighted by molar-refractivity contribution is 7.99. The van der Waals surface area contributed by atoms with Crippen molar-refractivity contribution in [3.8, 4) is 11.5 Å². The Morgan fingerprint density at radius 3 is 1.40 bits per heavy atom. The minimum absolute atomic E-state index is 0.00632. The van der Waals surface area contributed by atoms with Gasteiger partial charge in [-0.1, -0.05) is 47.5 Å². The van der Waals surface area contributed by atoms with Gasteiger partial charge in [0.05, 0.1) is 10.0 Å². The molecule has 0 spiro atoms. The number of thioether (sulfide) groups is 2. The smallest absolute Gasteiger partial charge is 0.282 e. The molecule has 0 saturated carbocycles. The fraction of sp³-hybridized carbons (Fsp3) is 0.435. The summed E-state index contributed by atoms with van der Waals surface area (Å²) in [7, 11) is -8.46. The first kappa shape index (κ1) is 31.7. The number of hydrogen-bond donors (Lipinski definition) is 2. The lowest BCUT2D eigenvalue weighted by atomic mass is 10.3. The van der Waals surface area contributed by atoms with Gasteiger partial charge in [0.1, 0.15) is 11.5 Å². The van der Waals surface area contributed by atoms with Crippen LogP contribution in [0.25, 0.3) is 0 Å². The van der Waals surface area contributed by atoms with E-state index in [0.717, 1.165) is 0 Å². The van der Waals surface area contributed by atoms with Gasteiger partial charge in [0, 0.05) is 49.2 Å². The molecule has 2 saturated heterocycles. The maximum absolute atomic E-state index is 14.0. The van der Waals surface area contributed by atoms with Crippen molar-refractivity contribution in [3.05, 3.63) is 58.6 Å². The summed E-state index contributed by atoms with van der Waals surface area (Å²) in [5.41, 5.74) is 0. The van der Waals surface area contributed by atoms with Gasteiger partial charge in [0.2, 0.25) is 18.2 Å². The van der Waals surface area contributed by atoms with Crippen LogP contribution in [0.5, 0.6) is 11.5 Å². The third kappa shape index (κ3) is 8.40. The van der Waals surface area contributed by atoms with Gasteiger partial charge in [-0.3, -0.25) is 4.79 Å². The van der Waals surface area contributed by atoms with Crippen LogP contribution in [0.3, 0.4) is 0 Å². The lowest BCUT2D eigenvalue weighted by Crippen LogP contribution is -2.60. The maximum Gasteiger partial charge on any atom is 0.282 e. The van der Waals surface area contributed by atoms with Crippen LogP contribution in [0.4, 0.5) is 0 Å². The molecule has 220 valence electrons.